The highest BCUT2D eigenvalue weighted by atomic mass is 35.5. The third kappa shape index (κ3) is 5.95. The van der Waals surface area contributed by atoms with E-state index in [0.29, 0.717) is 41.7 Å². The number of nitrogens with one attached hydrogen (secondary N) is 1. The van der Waals surface area contributed by atoms with Crippen molar-refractivity contribution in [3.05, 3.63) is 70.3 Å². The van der Waals surface area contributed by atoms with Crippen LogP contribution in [-0.4, -0.2) is 43.9 Å². The molecule has 9 heteroatoms. The molecule has 4 aliphatic rings. The van der Waals surface area contributed by atoms with Crippen LogP contribution in [0.2, 0.25) is 5.02 Å². The highest BCUT2D eigenvalue weighted by molar-refractivity contribution is 7.90. The average molecular weight is 613 g/mol. The number of benzene rings is 2. The normalized spacial score (nSPS) is 32.1. The topological polar surface area (TPSA) is 95.9 Å². The number of anilines is 1. The molecule has 0 spiro atoms. The van der Waals surface area contributed by atoms with Gasteiger partial charge in [0.1, 0.15) is 12.4 Å². The number of rotatable bonds is 0. The first-order valence-corrected chi connectivity index (χ1v) is 17.3. The van der Waals surface area contributed by atoms with Gasteiger partial charge in [-0.25, -0.2) is 13.1 Å². The number of sulfonamides is 1. The number of allylic oxidation sites excluding steroid dienone is 1. The molecular weight excluding hydrogens is 572 g/mol. The van der Waals surface area contributed by atoms with E-state index in [1.54, 1.807) is 18.2 Å². The summed E-state index contributed by atoms with van der Waals surface area (Å²) in [7, 11) is -3.92. The molecule has 42 heavy (non-hydrogen) atoms. The summed E-state index contributed by atoms with van der Waals surface area (Å²) in [5.74, 6) is 0.489. The molecule has 0 radical (unpaired) electrons. The number of fused-ring (bicyclic) bond motifs is 4. The zero-order valence-electron chi connectivity index (χ0n) is 24.2. The molecule has 2 aromatic carbocycles. The van der Waals surface area contributed by atoms with Crippen LogP contribution in [0, 0.1) is 17.3 Å². The van der Waals surface area contributed by atoms with Crippen molar-refractivity contribution >= 4 is 33.2 Å². The van der Waals surface area contributed by atoms with E-state index in [-0.39, 0.29) is 5.92 Å². The molecule has 0 unspecified atom stereocenters. The van der Waals surface area contributed by atoms with E-state index >= 15 is 0 Å². The molecule has 2 aromatic rings. The molecule has 2 fully saturated rings. The summed E-state index contributed by atoms with van der Waals surface area (Å²) in [6.45, 7) is 3.84. The van der Waals surface area contributed by atoms with Gasteiger partial charge in [0, 0.05) is 23.7 Å². The number of aliphatic hydroxyl groups is 1. The van der Waals surface area contributed by atoms with E-state index in [1.165, 1.54) is 5.56 Å². The number of carbonyl (C=O) groups excluding carboxylic acids is 1. The molecule has 2 saturated carbocycles. The van der Waals surface area contributed by atoms with E-state index in [0.717, 1.165) is 69.3 Å². The fraction of sp³-hybridized carbons (Fsp3) is 0.545. The molecule has 0 aromatic heterocycles. The predicted molar refractivity (Wildman–Crippen MR) is 165 cm³/mol. The number of nitrogens with zero attached hydrogens (tertiary/aromatic N) is 1. The van der Waals surface area contributed by atoms with Crippen molar-refractivity contribution in [2.75, 3.05) is 18.0 Å². The largest absolute Gasteiger partial charge is 0.487 e. The van der Waals surface area contributed by atoms with Crippen molar-refractivity contribution in [1.29, 1.82) is 0 Å². The minimum absolute atomic E-state index is 0.144. The second kappa shape index (κ2) is 11.9. The molecular formula is C33H41ClN2O5S. The first-order chi connectivity index (χ1) is 20.1. The summed E-state index contributed by atoms with van der Waals surface area (Å²) in [5, 5.41) is 11.2. The van der Waals surface area contributed by atoms with Gasteiger partial charge in [-0.2, -0.15) is 0 Å². The second-order valence-electron chi connectivity index (χ2n) is 12.9. The lowest BCUT2D eigenvalue weighted by Crippen LogP contribution is -2.44. The van der Waals surface area contributed by atoms with E-state index in [9.17, 15) is 18.3 Å². The van der Waals surface area contributed by atoms with Crippen LogP contribution in [0.15, 0.2) is 48.6 Å². The fourth-order valence-electron chi connectivity index (χ4n) is 7.48. The molecule has 1 amide bonds. The summed E-state index contributed by atoms with van der Waals surface area (Å²) in [5.41, 5.74) is 2.84. The van der Waals surface area contributed by atoms with Gasteiger partial charge < -0.3 is 14.7 Å². The number of carbonyl (C=O) groups is 1. The minimum atomic E-state index is -3.92. The average Bonchev–Trinajstić information content (AvgIpc) is 3.31. The number of halogens is 1. The fourth-order valence-corrected chi connectivity index (χ4v) is 9.63. The van der Waals surface area contributed by atoms with E-state index < -0.39 is 32.7 Å². The summed E-state index contributed by atoms with van der Waals surface area (Å²) in [4.78, 5) is 15.8. The first kappa shape index (κ1) is 29.5. The lowest BCUT2D eigenvalue weighted by Gasteiger charge is -2.42. The van der Waals surface area contributed by atoms with Gasteiger partial charge in [0.05, 0.1) is 17.0 Å². The van der Waals surface area contributed by atoms with Gasteiger partial charge in [-0.1, -0.05) is 43.2 Å². The Morgan fingerprint density at radius 1 is 1.07 bits per heavy atom. The molecule has 0 saturated heterocycles. The molecule has 2 aliphatic carbocycles. The van der Waals surface area contributed by atoms with Crippen molar-refractivity contribution in [3.63, 3.8) is 0 Å². The lowest BCUT2D eigenvalue weighted by atomic mass is 9.70. The third-order valence-corrected chi connectivity index (χ3v) is 12.4. The van der Waals surface area contributed by atoms with Crippen molar-refractivity contribution in [3.8, 4) is 5.75 Å². The zero-order valence-corrected chi connectivity index (χ0v) is 25.8. The number of aliphatic hydroxyl groups excluding tert-OH is 1. The van der Waals surface area contributed by atoms with Gasteiger partial charge >= 0.3 is 0 Å². The Morgan fingerprint density at radius 2 is 1.93 bits per heavy atom. The Hall–Kier alpha value is -2.55. The van der Waals surface area contributed by atoms with Crippen LogP contribution in [0.4, 0.5) is 5.69 Å². The molecule has 226 valence electrons. The van der Waals surface area contributed by atoms with Crippen LogP contribution in [-0.2, 0) is 23.1 Å². The van der Waals surface area contributed by atoms with Crippen LogP contribution in [0.25, 0.3) is 0 Å². The van der Waals surface area contributed by atoms with Crippen molar-refractivity contribution in [2.45, 2.75) is 82.7 Å². The van der Waals surface area contributed by atoms with Gasteiger partial charge in [-0.05, 0) is 110 Å². The van der Waals surface area contributed by atoms with Gasteiger partial charge in [-0.3, -0.25) is 4.79 Å². The van der Waals surface area contributed by atoms with Gasteiger partial charge in [-0.15, -0.1) is 0 Å². The Balaban J connectivity index is 1.39. The smallest absolute Gasteiger partial charge is 0.264 e. The van der Waals surface area contributed by atoms with Crippen LogP contribution in [0.5, 0.6) is 5.75 Å². The SMILES string of the molecule is C[C@]12C/C=C/[C@H](O)[C@@H]3CC[C@H]3CN3CCCCc4cc(Cl)ccc4COc4ccc(cc43)C(=O)NS(=O)(=O)[C@H]1CCC2. The van der Waals surface area contributed by atoms with E-state index in [4.69, 9.17) is 16.3 Å². The quantitative estimate of drug-likeness (QED) is 0.353. The summed E-state index contributed by atoms with van der Waals surface area (Å²) >= 11 is 6.31. The third-order valence-electron chi connectivity index (χ3n) is 10.1. The molecule has 5 atom stereocenters. The summed E-state index contributed by atoms with van der Waals surface area (Å²) in [6.07, 6.45) is 10.7. The first-order valence-electron chi connectivity index (χ1n) is 15.3. The zero-order chi connectivity index (χ0) is 29.5. The standard InChI is InChI=1S/C33H41ClN2O5S/c1-33-15-4-7-29(37)27-13-10-24(27)20-36-17-3-2-6-22-18-26(34)12-9-25(22)21-41-30-14-11-23(19-28(30)36)32(38)35-42(39,40)31(33)8-5-16-33/h4,7,9,11-12,14,18-19,24,27,29,31,37H,2-3,5-6,8,10,13,15-17,20-21H2,1H3,(H,35,38)/b7-4+/t24-,27+,29-,31-,33+/m0/s1. The Kier molecular flexibility index (Phi) is 8.33. The van der Waals surface area contributed by atoms with Crippen LogP contribution in [0.1, 0.15) is 79.8 Å². The van der Waals surface area contributed by atoms with Crippen LogP contribution < -0.4 is 14.4 Å². The number of amides is 1. The van der Waals surface area contributed by atoms with Crippen LogP contribution >= 0.6 is 11.6 Å². The van der Waals surface area contributed by atoms with E-state index in [2.05, 4.69) is 9.62 Å². The maximum atomic E-state index is 13.6. The summed E-state index contributed by atoms with van der Waals surface area (Å²) in [6, 6.07) is 11.1. The van der Waals surface area contributed by atoms with E-state index in [1.807, 2.05) is 37.3 Å². The maximum Gasteiger partial charge on any atom is 0.264 e. The maximum absolute atomic E-state index is 13.6. The van der Waals surface area contributed by atoms with Crippen molar-refractivity contribution < 1.29 is 23.1 Å². The molecule has 2 aliphatic heterocycles. The summed E-state index contributed by atoms with van der Waals surface area (Å²) < 4.78 is 36.0. The Labute approximate surface area is 254 Å². The highest BCUT2D eigenvalue weighted by Gasteiger charge is 2.46. The predicted octanol–water partition coefficient (Wildman–Crippen LogP) is 6.03. The number of hydrogen-bond donors (Lipinski definition) is 2. The van der Waals surface area contributed by atoms with Crippen LogP contribution in [0.3, 0.4) is 0 Å². The lowest BCUT2D eigenvalue weighted by molar-refractivity contribution is 0.0460. The number of hydrogen-bond acceptors (Lipinski definition) is 6. The number of aryl methyl sites for hydroxylation is 1. The molecule has 2 bridgehead atoms. The minimum Gasteiger partial charge on any atom is -0.487 e. The van der Waals surface area contributed by atoms with Crippen molar-refractivity contribution in [1.82, 2.24) is 4.72 Å². The molecule has 7 nitrogen and oxygen atoms in total. The van der Waals surface area contributed by atoms with Gasteiger partial charge in [0.2, 0.25) is 10.0 Å². The molecule has 2 N–H and O–H groups in total. The highest BCUT2D eigenvalue weighted by Crippen LogP contribution is 2.46. The Morgan fingerprint density at radius 3 is 2.74 bits per heavy atom. The Bertz CT molecular complexity index is 1480. The van der Waals surface area contributed by atoms with Crippen molar-refractivity contribution in [2.24, 2.45) is 17.3 Å². The second-order valence-corrected chi connectivity index (χ2v) is 15.2. The van der Waals surface area contributed by atoms with Gasteiger partial charge in [0.15, 0.2) is 0 Å². The molecule has 2 heterocycles. The molecule has 6 rings (SSSR count). The van der Waals surface area contributed by atoms with Gasteiger partial charge in [0.25, 0.3) is 5.91 Å². The number of ether oxygens (including phenoxy) is 1. The monoisotopic (exact) mass is 612 g/mol.